The van der Waals surface area contributed by atoms with Crippen LogP contribution in [0.25, 0.3) is 16.9 Å². The topological polar surface area (TPSA) is 85.3 Å². The molecule has 1 aromatic carbocycles. The maximum Gasteiger partial charge on any atom is 0.159 e. The number of carbonyl (C=O) groups excluding carboxylic acids is 1. The molecule has 2 heterocycles. The Morgan fingerprint density at radius 3 is 2.73 bits per heavy atom. The number of anilines is 1. The average molecular weight is 349 g/mol. The number of hydrogen-bond donors (Lipinski definition) is 2. The molecule has 3 aromatic rings. The van der Waals surface area contributed by atoms with E-state index in [0.717, 1.165) is 48.4 Å². The van der Waals surface area contributed by atoms with Gasteiger partial charge in [0, 0.05) is 23.7 Å². The fraction of sp³-hybridized carbons (Fsp3) is 0.350. The summed E-state index contributed by atoms with van der Waals surface area (Å²) in [4.78, 5) is 16.6. The Labute approximate surface area is 152 Å². The van der Waals surface area contributed by atoms with Crippen molar-refractivity contribution in [3.8, 4) is 11.3 Å². The van der Waals surface area contributed by atoms with Gasteiger partial charge in [0.05, 0.1) is 12.1 Å². The fourth-order valence-corrected chi connectivity index (χ4v) is 3.04. The highest BCUT2D eigenvalue weighted by Gasteiger charge is 2.30. The van der Waals surface area contributed by atoms with Crippen molar-refractivity contribution in [1.29, 1.82) is 0 Å². The number of fused-ring (bicyclic) bond motifs is 1. The van der Waals surface area contributed by atoms with Gasteiger partial charge in [-0.3, -0.25) is 4.79 Å². The molecule has 0 aliphatic heterocycles. The number of nitrogens with two attached hydrogens (primary N) is 1. The van der Waals surface area contributed by atoms with Crippen LogP contribution >= 0.6 is 0 Å². The normalized spacial score (nSPS) is 13.9. The molecule has 1 fully saturated rings. The first-order valence-corrected chi connectivity index (χ1v) is 9.16. The smallest absolute Gasteiger partial charge is 0.159 e. The third-order valence-corrected chi connectivity index (χ3v) is 4.66. The molecule has 0 saturated heterocycles. The number of rotatable bonds is 8. The molecule has 6 heteroatoms. The van der Waals surface area contributed by atoms with E-state index in [0.29, 0.717) is 18.8 Å². The Kier molecular flexibility index (Phi) is 4.67. The van der Waals surface area contributed by atoms with Crippen molar-refractivity contribution in [1.82, 2.24) is 14.6 Å². The van der Waals surface area contributed by atoms with E-state index in [2.05, 4.69) is 39.7 Å². The molecular formula is C20H23N5O. The van der Waals surface area contributed by atoms with Crippen LogP contribution in [0, 0.1) is 5.92 Å². The van der Waals surface area contributed by atoms with Crippen LogP contribution in [0.15, 0.2) is 42.5 Å². The first-order chi connectivity index (χ1) is 12.7. The lowest BCUT2D eigenvalue weighted by Gasteiger charge is -2.08. The van der Waals surface area contributed by atoms with Crippen molar-refractivity contribution in [2.24, 2.45) is 11.7 Å². The Balaban J connectivity index is 1.57. The van der Waals surface area contributed by atoms with E-state index < -0.39 is 0 Å². The summed E-state index contributed by atoms with van der Waals surface area (Å²) in [5.74, 6) is 1.10. The Morgan fingerprint density at radius 2 is 2.00 bits per heavy atom. The van der Waals surface area contributed by atoms with E-state index in [1.54, 1.807) is 0 Å². The number of carbonyl (C=O) groups is 1. The highest BCUT2D eigenvalue weighted by Crippen LogP contribution is 2.30. The van der Waals surface area contributed by atoms with Crippen LogP contribution in [0.3, 0.4) is 0 Å². The Bertz CT molecular complexity index is 912. The fourth-order valence-electron chi connectivity index (χ4n) is 3.04. The molecule has 0 spiro atoms. The summed E-state index contributed by atoms with van der Waals surface area (Å²) in [7, 11) is 0. The number of nitrogens with zero attached hydrogens (tertiary/aromatic N) is 3. The number of Topliss-reactive ketones (excluding diaryl/α,β-unsaturated/α-hetero) is 1. The van der Waals surface area contributed by atoms with Crippen molar-refractivity contribution in [2.75, 3.05) is 18.4 Å². The van der Waals surface area contributed by atoms with E-state index in [4.69, 9.17) is 5.73 Å². The van der Waals surface area contributed by atoms with Crippen LogP contribution in [-0.4, -0.2) is 33.5 Å². The summed E-state index contributed by atoms with van der Waals surface area (Å²) in [6.07, 6.45) is 3.31. The predicted molar refractivity (Wildman–Crippen MR) is 102 cm³/mol. The van der Waals surface area contributed by atoms with Crippen LogP contribution in [0.2, 0.25) is 0 Å². The van der Waals surface area contributed by atoms with Crippen molar-refractivity contribution in [3.63, 3.8) is 0 Å². The van der Waals surface area contributed by atoms with Crippen LogP contribution in [0.1, 0.15) is 25.1 Å². The van der Waals surface area contributed by atoms with E-state index in [1.165, 1.54) is 0 Å². The van der Waals surface area contributed by atoms with E-state index in [-0.39, 0.29) is 11.7 Å². The minimum Gasteiger partial charge on any atom is -0.385 e. The second-order valence-corrected chi connectivity index (χ2v) is 6.77. The molecule has 6 nitrogen and oxygen atoms in total. The standard InChI is InChI=1S/C20H23N5O/c21-11-2-12-22-16-9-7-14(8-10-16)17-3-1-4-20-23-19(24-25(17)20)13-18(26)15-5-6-15/h1,3-4,7-10,15,22H,2,5-6,11-13,21H2. The minimum absolute atomic E-state index is 0.236. The molecule has 2 aromatic heterocycles. The molecule has 134 valence electrons. The molecule has 0 atom stereocenters. The van der Waals surface area contributed by atoms with Crippen LogP contribution in [0.4, 0.5) is 5.69 Å². The predicted octanol–water partition coefficient (Wildman–Crippen LogP) is 2.68. The van der Waals surface area contributed by atoms with E-state index in [9.17, 15) is 4.79 Å². The van der Waals surface area contributed by atoms with Gasteiger partial charge in [0.25, 0.3) is 0 Å². The number of hydrogen-bond acceptors (Lipinski definition) is 5. The van der Waals surface area contributed by atoms with Gasteiger partial charge in [0.15, 0.2) is 11.5 Å². The maximum atomic E-state index is 12.0. The number of nitrogens with one attached hydrogen (secondary N) is 1. The molecule has 1 aliphatic rings. The van der Waals surface area contributed by atoms with Gasteiger partial charge in [0.1, 0.15) is 5.78 Å². The molecule has 1 aliphatic carbocycles. The summed E-state index contributed by atoms with van der Waals surface area (Å²) in [6, 6.07) is 14.2. The lowest BCUT2D eigenvalue weighted by molar-refractivity contribution is -0.119. The largest absolute Gasteiger partial charge is 0.385 e. The highest BCUT2D eigenvalue weighted by atomic mass is 16.1. The first-order valence-electron chi connectivity index (χ1n) is 9.16. The van der Waals surface area contributed by atoms with E-state index >= 15 is 0 Å². The van der Waals surface area contributed by atoms with E-state index in [1.807, 2.05) is 22.7 Å². The third kappa shape index (κ3) is 3.60. The molecular weight excluding hydrogens is 326 g/mol. The zero-order valence-electron chi connectivity index (χ0n) is 14.7. The van der Waals surface area contributed by atoms with Crippen molar-refractivity contribution >= 4 is 17.1 Å². The van der Waals surface area contributed by atoms with Gasteiger partial charge < -0.3 is 11.1 Å². The SMILES string of the molecule is NCCCNc1ccc(-c2cccc3nc(CC(=O)C4CC4)nn23)cc1. The van der Waals surface area contributed by atoms with Gasteiger partial charge in [-0.25, -0.2) is 9.50 Å². The molecule has 3 N–H and O–H groups in total. The molecule has 0 unspecified atom stereocenters. The van der Waals surface area contributed by atoms with Crippen LogP contribution < -0.4 is 11.1 Å². The van der Waals surface area contributed by atoms with Crippen LogP contribution in [-0.2, 0) is 11.2 Å². The van der Waals surface area contributed by atoms with Crippen molar-refractivity contribution in [2.45, 2.75) is 25.7 Å². The zero-order chi connectivity index (χ0) is 17.9. The number of pyridine rings is 1. The summed E-state index contributed by atoms with van der Waals surface area (Å²) in [5.41, 5.74) is 9.39. The maximum absolute atomic E-state index is 12.0. The molecule has 26 heavy (non-hydrogen) atoms. The van der Waals surface area contributed by atoms with Gasteiger partial charge in [-0.1, -0.05) is 18.2 Å². The van der Waals surface area contributed by atoms with Gasteiger partial charge in [0.2, 0.25) is 0 Å². The van der Waals surface area contributed by atoms with Crippen LogP contribution in [0.5, 0.6) is 0 Å². The van der Waals surface area contributed by atoms with Gasteiger partial charge in [-0.05, 0) is 50.1 Å². The number of ketones is 1. The van der Waals surface area contributed by atoms with Gasteiger partial charge >= 0.3 is 0 Å². The summed E-state index contributed by atoms with van der Waals surface area (Å²) in [5, 5.41) is 7.93. The second kappa shape index (κ2) is 7.25. The second-order valence-electron chi connectivity index (χ2n) is 6.77. The third-order valence-electron chi connectivity index (χ3n) is 4.66. The lowest BCUT2D eigenvalue weighted by atomic mass is 10.1. The molecule has 0 radical (unpaired) electrons. The summed E-state index contributed by atoms with van der Waals surface area (Å²) >= 11 is 0. The molecule has 4 rings (SSSR count). The quantitative estimate of drug-likeness (QED) is 0.611. The zero-order valence-corrected chi connectivity index (χ0v) is 14.7. The minimum atomic E-state index is 0.236. The van der Waals surface area contributed by atoms with Gasteiger partial charge in [-0.2, -0.15) is 5.10 Å². The Morgan fingerprint density at radius 1 is 1.19 bits per heavy atom. The summed E-state index contributed by atoms with van der Waals surface area (Å²) < 4.78 is 1.83. The first kappa shape index (κ1) is 16.7. The number of benzene rings is 1. The molecule has 0 bridgehead atoms. The average Bonchev–Trinajstić information content (AvgIpc) is 3.43. The molecule has 0 amide bonds. The highest BCUT2D eigenvalue weighted by molar-refractivity contribution is 5.84. The lowest BCUT2D eigenvalue weighted by Crippen LogP contribution is -2.08. The summed E-state index contributed by atoms with van der Waals surface area (Å²) in [6.45, 7) is 1.55. The Hall–Kier alpha value is -2.73. The van der Waals surface area contributed by atoms with Crippen molar-refractivity contribution < 1.29 is 4.79 Å². The molecule has 1 saturated carbocycles. The van der Waals surface area contributed by atoms with Gasteiger partial charge in [-0.15, -0.1) is 0 Å². The monoisotopic (exact) mass is 349 g/mol. The van der Waals surface area contributed by atoms with Crippen molar-refractivity contribution in [3.05, 3.63) is 48.3 Å². The number of aromatic nitrogens is 3.